The molecule has 0 saturated heterocycles. The van der Waals surface area contributed by atoms with Gasteiger partial charge in [0.25, 0.3) is 0 Å². The second kappa shape index (κ2) is 7.77. The third kappa shape index (κ3) is 4.67. The van der Waals surface area contributed by atoms with E-state index in [0.29, 0.717) is 12.5 Å². The van der Waals surface area contributed by atoms with Crippen LogP contribution in [0.5, 0.6) is 0 Å². The van der Waals surface area contributed by atoms with Crippen LogP contribution in [0.25, 0.3) is 10.8 Å². The normalized spacial score (nSPS) is 16.7. The molecule has 1 fully saturated rings. The molecule has 2 heterocycles. The van der Waals surface area contributed by atoms with Gasteiger partial charge in [-0.2, -0.15) is 0 Å². The molecular weight excluding hydrogens is 308 g/mol. The van der Waals surface area contributed by atoms with Gasteiger partial charge in [0.1, 0.15) is 5.76 Å². The lowest BCUT2D eigenvalue weighted by Gasteiger charge is -2.20. The average Bonchev–Trinajstić information content (AvgIpc) is 3.10. The van der Waals surface area contributed by atoms with E-state index in [2.05, 4.69) is 10.3 Å². The molecule has 1 saturated carbocycles. The number of furan rings is 1. The zero-order valence-corrected chi connectivity index (χ0v) is 14.5. The van der Waals surface area contributed by atoms with Gasteiger partial charge in [-0.05, 0) is 31.9 Å². The number of hydrogen-bond acceptors (Lipinski definition) is 4. The summed E-state index contributed by atoms with van der Waals surface area (Å²) in [5, 5.41) is 5.98. The van der Waals surface area contributed by atoms with Gasteiger partial charge >= 0.3 is 0 Å². The van der Waals surface area contributed by atoms with Crippen LogP contribution in [0.15, 0.2) is 21.9 Å². The molecular formula is C18H24N2O2S. The minimum Gasteiger partial charge on any atom is -0.459 e. The summed E-state index contributed by atoms with van der Waals surface area (Å²) in [7, 11) is 0. The topological polar surface area (TPSA) is 55.1 Å². The molecule has 2 aromatic rings. The maximum Gasteiger partial charge on any atom is 0.226 e. The van der Waals surface area contributed by atoms with Gasteiger partial charge in [0.15, 0.2) is 10.8 Å². The Balaban J connectivity index is 1.54. The Labute approximate surface area is 141 Å². The average molecular weight is 332 g/mol. The number of carbonyl (C=O) groups excluding carboxylic acids is 1. The summed E-state index contributed by atoms with van der Waals surface area (Å²) < 4.78 is 5.58. The minimum absolute atomic E-state index is 0.0862. The number of nitrogens with one attached hydrogen (secondary N) is 1. The summed E-state index contributed by atoms with van der Waals surface area (Å²) in [4.78, 5) is 16.8. The Morgan fingerprint density at radius 2 is 2.00 bits per heavy atom. The molecule has 0 aliphatic heterocycles. The van der Waals surface area contributed by atoms with Crippen molar-refractivity contribution in [1.29, 1.82) is 0 Å². The molecule has 124 valence electrons. The van der Waals surface area contributed by atoms with E-state index in [9.17, 15) is 4.79 Å². The number of carbonyl (C=O) groups is 1. The predicted molar refractivity (Wildman–Crippen MR) is 92.5 cm³/mol. The zero-order valence-electron chi connectivity index (χ0n) is 13.6. The molecule has 1 aliphatic rings. The highest BCUT2D eigenvalue weighted by Gasteiger charge is 2.16. The van der Waals surface area contributed by atoms with Crippen molar-refractivity contribution in [2.75, 3.05) is 0 Å². The third-order valence-electron chi connectivity index (χ3n) is 4.31. The molecule has 0 aromatic carbocycles. The van der Waals surface area contributed by atoms with Crippen LogP contribution in [0.1, 0.15) is 56.4 Å². The fraction of sp³-hybridized carbons (Fsp3) is 0.556. The van der Waals surface area contributed by atoms with Gasteiger partial charge in [0, 0.05) is 11.4 Å². The van der Waals surface area contributed by atoms with Gasteiger partial charge in [-0.25, -0.2) is 4.98 Å². The van der Waals surface area contributed by atoms with E-state index in [4.69, 9.17) is 4.42 Å². The van der Waals surface area contributed by atoms with Crippen LogP contribution in [0.4, 0.5) is 0 Å². The van der Waals surface area contributed by atoms with Crippen molar-refractivity contribution in [3.8, 4) is 10.8 Å². The quantitative estimate of drug-likeness (QED) is 0.898. The molecule has 5 heteroatoms. The molecule has 0 atom stereocenters. The molecule has 0 radical (unpaired) electrons. The van der Waals surface area contributed by atoms with Crippen molar-refractivity contribution in [1.82, 2.24) is 10.3 Å². The molecule has 0 spiro atoms. The smallest absolute Gasteiger partial charge is 0.226 e. The number of thiazole rings is 1. The first-order valence-electron chi connectivity index (χ1n) is 8.51. The van der Waals surface area contributed by atoms with Crippen LogP contribution < -0.4 is 5.32 Å². The summed E-state index contributed by atoms with van der Waals surface area (Å²) in [5.41, 5.74) is 0.822. The first-order chi connectivity index (χ1) is 11.2. The maximum absolute atomic E-state index is 12.3. The Bertz CT molecular complexity index is 639. The Kier molecular flexibility index (Phi) is 5.49. The van der Waals surface area contributed by atoms with Crippen LogP contribution in [-0.4, -0.2) is 16.9 Å². The van der Waals surface area contributed by atoms with Gasteiger partial charge in [-0.1, -0.05) is 32.1 Å². The second-order valence-corrected chi connectivity index (χ2v) is 7.20. The van der Waals surface area contributed by atoms with Crippen molar-refractivity contribution < 1.29 is 9.21 Å². The SMILES string of the molecule is Cc1ccc(-c2nc(CC(=O)NC3CCCCCCC3)cs2)o1. The molecule has 1 N–H and O–H groups in total. The Morgan fingerprint density at radius 1 is 1.26 bits per heavy atom. The minimum atomic E-state index is 0.0862. The van der Waals surface area contributed by atoms with Gasteiger partial charge in [0.2, 0.25) is 5.91 Å². The van der Waals surface area contributed by atoms with Crippen LogP contribution in [0.2, 0.25) is 0 Å². The lowest BCUT2D eigenvalue weighted by molar-refractivity contribution is -0.121. The fourth-order valence-corrected chi connectivity index (χ4v) is 3.87. The van der Waals surface area contributed by atoms with E-state index in [1.165, 1.54) is 43.4 Å². The monoisotopic (exact) mass is 332 g/mol. The van der Waals surface area contributed by atoms with Crippen molar-refractivity contribution in [3.05, 3.63) is 29.0 Å². The fourth-order valence-electron chi connectivity index (χ4n) is 3.09. The maximum atomic E-state index is 12.3. The molecule has 2 aromatic heterocycles. The summed E-state index contributed by atoms with van der Waals surface area (Å²) in [5.74, 6) is 1.74. The van der Waals surface area contributed by atoms with Gasteiger partial charge < -0.3 is 9.73 Å². The number of hydrogen-bond donors (Lipinski definition) is 1. The first-order valence-corrected chi connectivity index (χ1v) is 9.39. The number of aryl methyl sites for hydroxylation is 1. The molecule has 1 aliphatic carbocycles. The van der Waals surface area contributed by atoms with Gasteiger partial charge in [0.05, 0.1) is 12.1 Å². The largest absolute Gasteiger partial charge is 0.459 e. The van der Waals surface area contributed by atoms with E-state index in [1.807, 2.05) is 24.4 Å². The number of amides is 1. The lowest BCUT2D eigenvalue weighted by Crippen LogP contribution is -2.36. The molecule has 3 rings (SSSR count). The second-order valence-electron chi connectivity index (χ2n) is 6.34. The Morgan fingerprint density at radius 3 is 2.70 bits per heavy atom. The molecule has 4 nitrogen and oxygen atoms in total. The molecule has 0 unspecified atom stereocenters. The standard InChI is InChI=1S/C18H24N2O2S/c1-13-9-10-16(22-13)18-20-15(12-23-18)11-17(21)19-14-7-5-3-2-4-6-8-14/h9-10,12,14H,2-8,11H2,1H3,(H,19,21). The summed E-state index contributed by atoms with van der Waals surface area (Å²) >= 11 is 1.53. The molecule has 23 heavy (non-hydrogen) atoms. The molecule has 0 bridgehead atoms. The van der Waals surface area contributed by atoms with Crippen LogP contribution in [0.3, 0.4) is 0 Å². The highest BCUT2D eigenvalue weighted by Crippen LogP contribution is 2.25. The lowest BCUT2D eigenvalue weighted by atomic mass is 9.96. The van der Waals surface area contributed by atoms with E-state index in [-0.39, 0.29) is 5.91 Å². The first kappa shape index (κ1) is 16.2. The Hall–Kier alpha value is -1.62. The number of rotatable bonds is 4. The zero-order chi connectivity index (χ0) is 16.1. The van der Waals surface area contributed by atoms with Crippen molar-refractivity contribution in [2.45, 2.75) is 64.3 Å². The third-order valence-corrected chi connectivity index (χ3v) is 5.22. The predicted octanol–water partition coefficient (Wildman–Crippen LogP) is 4.48. The summed E-state index contributed by atoms with van der Waals surface area (Å²) in [6.45, 7) is 1.92. The van der Waals surface area contributed by atoms with Crippen LogP contribution in [-0.2, 0) is 11.2 Å². The van der Waals surface area contributed by atoms with E-state index in [1.54, 1.807) is 0 Å². The van der Waals surface area contributed by atoms with E-state index in [0.717, 1.165) is 35.1 Å². The van der Waals surface area contributed by atoms with Crippen molar-refractivity contribution in [3.63, 3.8) is 0 Å². The highest BCUT2D eigenvalue weighted by molar-refractivity contribution is 7.13. The summed E-state index contributed by atoms with van der Waals surface area (Å²) in [6.07, 6.45) is 8.96. The number of nitrogens with zero attached hydrogens (tertiary/aromatic N) is 1. The van der Waals surface area contributed by atoms with Crippen LogP contribution >= 0.6 is 11.3 Å². The van der Waals surface area contributed by atoms with E-state index < -0.39 is 0 Å². The number of aromatic nitrogens is 1. The summed E-state index contributed by atoms with van der Waals surface area (Å²) in [6, 6.07) is 4.19. The van der Waals surface area contributed by atoms with Crippen molar-refractivity contribution in [2.24, 2.45) is 0 Å². The van der Waals surface area contributed by atoms with Gasteiger partial charge in [-0.3, -0.25) is 4.79 Å². The van der Waals surface area contributed by atoms with Crippen LogP contribution in [0, 0.1) is 6.92 Å². The van der Waals surface area contributed by atoms with Gasteiger partial charge in [-0.15, -0.1) is 11.3 Å². The van der Waals surface area contributed by atoms with E-state index >= 15 is 0 Å². The van der Waals surface area contributed by atoms with Crippen molar-refractivity contribution >= 4 is 17.2 Å². The highest BCUT2D eigenvalue weighted by atomic mass is 32.1. The molecule has 1 amide bonds.